The monoisotopic (exact) mass is 368 g/mol. The molecular formula is C18H20N6O3. The molecule has 1 atom stereocenters. The van der Waals surface area contributed by atoms with Gasteiger partial charge in [-0.2, -0.15) is 5.10 Å². The van der Waals surface area contributed by atoms with Crippen molar-refractivity contribution in [1.29, 1.82) is 0 Å². The maximum atomic E-state index is 12.8. The summed E-state index contributed by atoms with van der Waals surface area (Å²) < 4.78 is 0. The van der Waals surface area contributed by atoms with Crippen LogP contribution >= 0.6 is 0 Å². The average molecular weight is 368 g/mol. The molecule has 3 N–H and O–H groups in total. The molecule has 1 aliphatic rings. The van der Waals surface area contributed by atoms with E-state index in [0.29, 0.717) is 6.54 Å². The highest BCUT2D eigenvalue weighted by atomic mass is 16.2. The third-order valence-electron chi connectivity index (χ3n) is 4.90. The van der Waals surface area contributed by atoms with E-state index in [1.807, 2.05) is 29.2 Å². The number of hydrogen-bond donors (Lipinski definition) is 3. The molecule has 3 aromatic rings. The Hall–Kier alpha value is -3.23. The zero-order chi connectivity index (χ0) is 18.8. The van der Waals surface area contributed by atoms with Crippen molar-refractivity contribution in [3.63, 3.8) is 0 Å². The van der Waals surface area contributed by atoms with Gasteiger partial charge < -0.3 is 9.88 Å². The van der Waals surface area contributed by atoms with Crippen LogP contribution in [0.1, 0.15) is 43.2 Å². The van der Waals surface area contributed by atoms with Crippen LogP contribution in [0.2, 0.25) is 0 Å². The van der Waals surface area contributed by atoms with E-state index >= 15 is 0 Å². The van der Waals surface area contributed by atoms with Gasteiger partial charge in [0.25, 0.3) is 5.56 Å². The molecule has 1 saturated heterocycles. The highest BCUT2D eigenvalue weighted by Gasteiger charge is 2.30. The van der Waals surface area contributed by atoms with Gasteiger partial charge in [-0.1, -0.05) is 12.1 Å². The maximum Gasteiger partial charge on any atom is 0.342 e. The number of para-hydroxylation sites is 2. The SMILES string of the molecule is O=C(CCc1n[nH]c(=O)[nH]c1=O)N1CCCCC1c1nc2ccccc2[nH]1. The number of rotatable bonds is 4. The molecule has 0 spiro atoms. The standard InChI is InChI=1S/C18H20N6O3/c25-15(9-8-13-17(26)21-18(27)23-22-13)24-10-4-3-7-14(24)16-19-11-5-1-2-6-12(11)20-16/h1-2,5-6,14H,3-4,7-10H2,(H,19,20)(H2,21,23,26,27). The first-order valence-corrected chi connectivity index (χ1v) is 9.04. The van der Waals surface area contributed by atoms with Crippen LogP contribution in [-0.4, -0.2) is 42.5 Å². The predicted molar refractivity (Wildman–Crippen MR) is 98.2 cm³/mol. The fraction of sp³-hybridized carbons (Fsp3) is 0.389. The van der Waals surface area contributed by atoms with Crippen LogP contribution in [0.4, 0.5) is 0 Å². The van der Waals surface area contributed by atoms with Gasteiger partial charge in [0.2, 0.25) is 5.91 Å². The minimum Gasteiger partial charge on any atom is -0.340 e. The summed E-state index contributed by atoms with van der Waals surface area (Å²) in [7, 11) is 0. The minimum atomic E-state index is -0.656. The van der Waals surface area contributed by atoms with Crippen LogP contribution in [0, 0.1) is 0 Å². The van der Waals surface area contributed by atoms with Crippen LogP contribution in [0.15, 0.2) is 33.9 Å². The number of amides is 1. The fourth-order valence-electron chi connectivity index (χ4n) is 3.56. The van der Waals surface area contributed by atoms with E-state index in [4.69, 9.17) is 0 Å². The number of piperidine rings is 1. The Bertz CT molecular complexity index is 1050. The quantitative estimate of drug-likeness (QED) is 0.633. The molecule has 4 rings (SSSR count). The summed E-state index contributed by atoms with van der Waals surface area (Å²) >= 11 is 0. The second-order valence-electron chi connectivity index (χ2n) is 6.69. The Kier molecular flexibility index (Phi) is 4.57. The molecule has 140 valence electrons. The van der Waals surface area contributed by atoms with Gasteiger partial charge in [0.05, 0.1) is 17.1 Å². The number of hydrogen-bond acceptors (Lipinski definition) is 5. The first kappa shape index (κ1) is 17.2. The lowest BCUT2D eigenvalue weighted by Crippen LogP contribution is -2.39. The fourth-order valence-corrected chi connectivity index (χ4v) is 3.56. The van der Waals surface area contributed by atoms with E-state index in [2.05, 4.69) is 25.1 Å². The summed E-state index contributed by atoms with van der Waals surface area (Å²) in [6.07, 6.45) is 3.16. The Labute approximate surface area is 153 Å². The Morgan fingerprint density at radius 1 is 1.19 bits per heavy atom. The normalized spacial score (nSPS) is 17.3. The summed E-state index contributed by atoms with van der Waals surface area (Å²) in [5.74, 6) is 0.747. The van der Waals surface area contributed by atoms with Crippen molar-refractivity contribution >= 4 is 16.9 Å². The number of carbonyl (C=O) groups is 1. The van der Waals surface area contributed by atoms with Crippen molar-refractivity contribution in [2.45, 2.75) is 38.1 Å². The van der Waals surface area contributed by atoms with Crippen molar-refractivity contribution in [3.05, 3.63) is 56.6 Å². The molecule has 0 saturated carbocycles. The number of likely N-dealkylation sites (tertiary alicyclic amines) is 1. The summed E-state index contributed by atoms with van der Waals surface area (Å²) in [5.41, 5.74) is 0.777. The van der Waals surface area contributed by atoms with Crippen molar-refractivity contribution in [2.24, 2.45) is 0 Å². The molecule has 9 nitrogen and oxygen atoms in total. The zero-order valence-corrected chi connectivity index (χ0v) is 14.7. The number of benzene rings is 1. The number of carbonyl (C=O) groups excluding carboxylic acids is 1. The molecule has 0 radical (unpaired) electrons. The van der Waals surface area contributed by atoms with Crippen molar-refractivity contribution < 1.29 is 4.79 Å². The van der Waals surface area contributed by atoms with Gasteiger partial charge in [-0.15, -0.1) is 0 Å². The second-order valence-corrected chi connectivity index (χ2v) is 6.69. The summed E-state index contributed by atoms with van der Waals surface area (Å²) in [6.45, 7) is 0.663. The lowest BCUT2D eigenvalue weighted by molar-refractivity contribution is -0.135. The molecule has 1 amide bonds. The van der Waals surface area contributed by atoms with Crippen LogP contribution in [0.25, 0.3) is 11.0 Å². The third-order valence-corrected chi connectivity index (χ3v) is 4.90. The number of aromatic nitrogens is 5. The molecule has 1 fully saturated rings. The van der Waals surface area contributed by atoms with E-state index in [0.717, 1.165) is 36.1 Å². The molecule has 1 aromatic carbocycles. The Morgan fingerprint density at radius 2 is 2.04 bits per heavy atom. The summed E-state index contributed by atoms with van der Waals surface area (Å²) in [4.78, 5) is 47.5. The number of fused-ring (bicyclic) bond motifs is 1. The minimum absolute atomic E-state index is 0.0486. The van der Waals surface area contributed by atoms with Gasteiger partial charge in [0.15, 0.2) is 0 Å². The van der Waals surface area contributed by atoms with Gasteiger partial charge in [0, 0.05) is 19.4 Å². The van der Waals surface area contributed by atoms with E-state index < -0.39 is 11.2 Å². The van der Waals surface area contributed by atoms with Crippen LogP contribution < -0.4 is 11.2 Å². The number of nitrogens with zero attached hydrogens (tertiary/aromatic N) is 3. The molecule has 27 heavy (non-hydrogen) atoms. The smallest absolute Gasteiger partial charge is 0.340 e. The Morgan fingerprint density at radius 3 is 2.85 bits per heavy atom. The first-order valence-electron chi connectivity index (χ1n) is 9.04. The van der Waals surface area contributed by atoms with Gasteiger partial charge >= 0.3 is 5.69 Å². The van der Waals surface area contributed by atoms with Crippen molar-refractivity contribution in [3.8, 4) is 0 Å². The van der Waals surface area contributed by atoms with E-state index in [1.165, 1.54) is 0 Å². The third kappa shape index (κ3) is 3.53. The van der Waals surface area contributed by atoms with Crippen LogP contribution in [0.5, 0.6) is 0 Å². The number of nitrogens with one attached hydrogen (secondary N) is 3. The molecule has 9 heteroatoms. The zero-order valence-electron chi connectivity index (χ0n) is 14.7. The number of imidazole rings is 1. The first-order chi connectivity index (χ1) is 13.1. The van der Waals surface area contributed by atoms with E-state index in [-0.39, 0.29) is 30.5 Å². The molecule has 0 bridgehead atoms. The molecule has 0 aliphatic carbocycles. The van der Waals surface area contributed by atoms with E-state index in [9.17, 15) is 14.4 Å². The van der Waals surface area contributed by atoms with Gasteiger partial charge in [-0.25, -0.2) is 14.9 Å². The average Bonchev–Trinajstić information content (AvgIpc) is 3.11. The lowest BCUT2D eigenvalue weighted by Gasteiger charge is -2.34. The van der Waals surface area contributed by atoms with Crippen LogP contribution in [-0.2, 0) is 11.2 Å². The molecule has 2 aromatic heterocycles. The second kappa shape index (κ2) is 7.18. The number of aromatic amines is 3. The topological polar surface area (TPSA) is 128 Å². The summed E-state index contributed by atoms with van der Waals surface area (Å²) in [5, 5.41) is 5.92. The number of H-pyrrole nitrogens is 3. The van der Waals surface area contributed by atoms with Crippen LogP contribution in [0.3, 0.4) is 0 Å². The van der Waals surface area contributed by atoms with Crippen molar-refractivity contribution in [1.82, 2.24) is 30.0 Å². The lowest BCUT2D eigenvalue weighted by atomic mass is 10.0. The van der Waals surface area contributed by atoms with Gasteiger partial charge in [-0.3, -0.25) is 14.6 Å². The highest BCUT2D eigenvalue weighted by molar-refractivity contribution is 5.78. The number of aryl methyl sites for hydroxylation is 1. The largest absolute Gasteiger partial charge is 0.342 e. The maximum absolute atomic E-state index is 12.8. The van der Waals surface area contributed by atoms with Gasteiger partial charge in [-0.05, 0) is 31.4 Å². The van der Waals surface area contributed by atoms with Crippen molar-refractivity contribution in [2.75, 3.05) is 6.54 Å². The van der Waals surface area contributed by atoms with E-state index in [1.54, 1.807) is 0 Å². The Balaban J connectivity index is 1.52. The summed E-state index contributed by atoms with van der Waals surface area (Å²) in [6, 6.07) is 7.70. The molecular weight excluding hydrogens is 348 g/mol. The molecule has 3 heterocycles. The van der Waals surface area contributed by atoms with Gasteiger partial charge in [0.1, 0.15) is 11.5 Å². The highest BCUT2D eigenvalue weighted by Crippen LogP contribution is 2.31. The molecule has 1 unspecified atom stereocenters. The molecule has 1 aliphatic heterocycles. The predicted octanol–water partition coefficient (Wildman–Crippen LogP) is 1.02.